The number of anilines is 1. The number of amides is 1. The van der Waals surface area contributed by atoms with Crippen LogP contribution < -0.4 is 4.90 Å². The number of nitrogens with zero attached hydrogens (tertiary/aromatic N) is 3. The molecule has 0 saturated carbocycles. The molecule has 31 heavy (non-hydrogen) atoms. The van der Waals surface area contributed by atoms with Crippen molar-refractivity contribution in [3.63, 3.8) is 0 Å². The van der Waals surface area contributed by atoms with E-state index in [0.717, 1.165) is 36.9 Å². The van der Waals surface area contributed by atoms with Crippen LogP contribution in [-0.4, -0.2) is 42.2 Å². The number of carbonyl (C=O) groups excluding carboxylic acids is 1. The molecule has 2 aliphatic heterocycles. The van der Waals surface area contributed by atoms with Crippen molar-refractivity contribution in [2.24, 2.45) is 4.99 Å². The van der Waals surface area contributed by atoms with E-state index < -0.39 is 0 Å². The Hall–Kier alpha value is -2.96. The van der Waals surface area contributed by atoms with Gasteiger partial charge in [0.2, 0.25) is 0 Å². The first kappa shape index (κ1) is 20.0. The number of piperazine rings is 1. The highest BCUT2D eigenvalue weighted by molar-refractivity contribution is 8.18. The zero-order valence-corrected chi connectivity index (χ0v) is 18.3. The van der Waals surface area contributed by atoms with Gasteiger partial charge in [-0.15, -0.1) is 0 Å². The van der Waals surface area contributed by atoms with Crippen LogP contribution in [-0.2, 0) is 4.79 Å². The van der Waals surface area contributed by atoms with E-state index in [2.05, 4.69) is 39.1 Å². The molecule has 7 heteroatoms. The number of para-hydroxylation sites is 1. The molecule has 0 radical (unpaired) electrons. The van der Waals surface area contributed by atoms with Crippen LogP contribution in [0.15, 0.2) is 81.0 Å². The smallest absolute Gasteiger partial charge is 0.286 e. The van der Waals surface area contributed by atoms with Gasteiger partial charge in [0.05, 0.1) is 9.93 Å². The summed E-state index contributed by atoms with van der Waals surface area (Å²) in [4.78, 5) is 21.9. The fourth-order valence-corrected chi connectivity index (χ4v) is 4.87. The van der Waals surface area contributed by atoms with Crippen molar-refractivity contribution < 1.29 is 9.21 Å². The van der Waals surface area contributed by atoms with Crippen LogP contribution in [0, 0.1) is 0 Å². The van der Waals surface area contributed by atoms with Crippen molar-refractivity contribution in [3.05, 3.63) is 82.4 Å². The number of carbonyl (C=O) groups is 1. The van der Waals surface area contributed by atoms with Crippen LogP contribution in [0.1, 0.15) is 5.76 Å². The quantitative estimate of drug-likeness (QED) is 0.501. The summed E-state index contributed by atoms with van der Waals surface area (Å²) in [5.41, 5.74) is 2.06. The second kappa shape index (κ2) is 8.65. The number of benzene rings is 2. The molecule has 0 atom stereocenters. The second-order valence-corrected chi connectivity index (χ2v) is 8.72. The Morgan fingerprint density at radius 3 is 2.39 bits per heavy atom. The van der Waals surface area contributed by atoms with Crippen molar-refractivity contribution in [2.45, 2.75) is 0 Å². The van der Waals surface area contributed by atoms with E-state index in [1.807, 2.05) is 42.5 Å². The number of rotatable bonds is 3. The van der Waals surface area contributed by atoms with Gasteiger partial charge in [-0.25, -0.2) is 0 Å². The zero-order valence-electron chi connectivity index (χ0n) is 16.7. The van der Waals surface area contributed by atoms with Gasteiger partial charge in [0.15, 0.2) is 5.17 Å². The first-order valence-corrected chi connectivity index (χ1v) is 11.3. The molecular weight excluding hydrogens is 430 g/mol. The van der Waals surface area contributed by atoms with Crippen LogP contribution in [0.5, 0.6) is 0 Å². The van der Waals surface area contributed by atoms with Gasteiger partial charge >= 0.3 is 0 Å². The molecule has 1 fully saturated rings. The first-order valence-electron chi connectivity index (χ1n) is 10.1. The van der Waals surface area contributed by atoms with E-state index >= 15 is 0 Å². The number of furan rings is 1. The number of thioether (sulfide) groups is 1. The highest BCUT2D eigenvalue weighted by Crippen LogP contribution is 2.33. The highest BCUT2D eigenvalue weighted by atomic mass is 35.5. The number of amidine groups is 1. The zero-order chi connectivity index (χ0) is 21.2. The molecule has 5 nitrogen and oxygen atoms in total. The molecule has 0 aliphatic carbocycles. The number of hydrogen-bond donors (Lipinski definition) is 0. The van der Waals surface area contributed by atoms with Crippen molar-refractivity contribution in [1.82, 2.24) is 4.90 Å². The van der Waals surface area contributed by atoms with Gasteiger partial charge in [-0.1, -0.05) is 41.9 Å². The molecule has 0 unspecified atom stereocenters. The summed E-state index contributed by atoms with van der Waals surface area (Å²) in [6.45, 7) is 3.46. The average molecular weight is 450 g/mol. The standard InChI is InChI=1S/C24H20ClN3O2S/c25-20-9-5-4-8-19(20)21-11-10-18(30-21)16-22-23(29)26-24(31-22)28-14-12-27(13-15-28)17-6-2-1-3-7-17/h1-11,16H,12-15H2. The lowest BCUT2D eigenvalue weighted by atomic mass is 10.2. The monoisotopic (exact) mass is 449 g/mol. The minimum Gasteiger partial charge on any atom is -0.457 e. The van der Waals surface area contributed by atoms with E-state index in [9.17, 15) is 4.79 Å². The molecule has 0 bridgehead atoms. The van der Waals surface area contributed by atoms with Crippen molar-refractivity contribution in [2.75, 3.05) is 31.1 Å². The van der Waals surface area contributed by atoms with E-state index in [1.165, 1.54) is 17.4 Å². The SMILES string of the molecule is O=C1N=C(N2CCN(c3ccccc3)CC2)SC1=Cc1ccc(-c2ccccc2Cl)o1. The maximum absolute atomic E-state index is 12.5. The predicted molar refractivity (Wildman–Crippen MR) is 127 cm³/mol. The Labute approximate surface area is 190 Å². The summed E-state index contributed by atoms with van der Waals surface area (Å²) in [5.74, 6) is 1.06. The normalized spacial score (nSPS) is 18.0. The van der Waals surface area contributed by atoms with Gasteiger partial charge in [0.25, 0.3) is 5.91 Å². The molecule has 0 N–H and O–H groups in total. The van der Waals surface area contributed by atoms with Gasteiger partial charge in [0, 0.05) is 43.5 Å². The van der Waals surface area contributed by atoms with Crippen molar-refractivity contribution >= 4 is 46.2 Å². The molecule has 1 saturated heterocycles. The van der Waals surface area contributed by atoms with Gasteiger partial charge in [-0.3, -0.25) is 4.79 Å². The summed E-state index contributed by atoms with van der Waals surface area (Å²) in [5, 5.41) is 1.39. The number of halogens is 1. The predicted octanol–water partition coefficient (Wildman–Crippen LogP) is 5.39. The maximum Gasteiger partial charge on any atom is 0.286 e. The Morgan fingerprint density at radius 2 is 1.61 bits per heavy atom. The van der Waals surface area contributed by atoms with Crippen molar-refractivity contribution in [3.8, 4) is 11.3 Å². The Balaban J connectivity index is 1.25. The first-order chi connectivity index (χ1) is 15.2. The van der Waals surface area contributed by atoms with Gasteiger partial charge in [-0.05, 0) is 48.2 Å². The molecule has 5 rings (SSSR count). The minimum atomic E-state index is -0.221. The van der Waals surface area contributed by atoms with Crippen LogP contribution in [0.2, 0.25) is 5.02 Å². The van der Waals surface area contributed by atoms with Crippen molar-refractivity contribution in [1.29, 1.82) is 0 Å². The second-order valence-electron chi connectivity index (χ2n) is 7.30. The molecule has 1 aromatic heterocycles. The molecular formula is C24H20ClN3O2S. The largest absolute Gasteiger partial charge is 0.457 e. The lowest BCUT2D eigenvalue weighted by molar-refractivity contribution is -0.113. The third kappa shape index (κ3) is 4.27. The van der Waals surface area contributed by atoms with E-state index in [0.29, 0.717) is 21.4 Å². The van der Waals surface area contributed by atoms with Crippen LogP contribution in [0.25, 0.3) is 17.4 Å². The van der Waals surface area contributed by atoms with E-state index in [4.69, 9.17) is 16.0 Å². The highest BCUT2D eigenvalue weighted by Gasteiger charge is 2.28. The third-order valence-corrected chi connectivity index (χ3v) is 6.69. The lowest BCUT2D eigenvalue weighted by Crippen LogP contribution is -2.47. The Morgan fingerprint density at radius 1 is 0.903 bits per heavy atom. The van der Waals surface area contributed by atoms with Gasteiger partial charge < -0.3 is 14.2 Å². The van der Waals surface area contributed by atoms with Gasteiger partial charge in [-0.2, -0.15) is 4.99 Å². The molecule has 3 heterocycles. The topological polar surface area (TPSA) is 49.1 Å². The summed E-state index contributed by atoms with van der Waals surface area (Å²) < 4.78 is 5.91. The summed E-state index contributed by atoms with van der Waals surface area (Å²) in [6, 6.07) is 21.6. The minimum absolute atomic E-state index is 0.221. The van der Waals surface area contributed by atoms with E-state index in [-0.39, 0.29) is 5.91 Å². The van der Waals surface area contributed by atoms with Crippen LogP contribution >= 0.6 is 23.4 Å². The summed E-state index contributed by atoms with van der Waals surface area (Å²) >= 11 is 7.66. The Bertz CT molecular complexity index is 1160. The third-order valence-electron chi connectivity index (χ3n) is 5.32. The fourth-order valence-electron chi connectivity index (χ4n) is 3.69. The molecule has 2 aromatic carbocycles. The maximum atomic E-state index is 12.5. The van der Waals surface area contributed by atoms with E-state index in [1.54, 1.807) is 6.08 Å². The molecule has 2 aliphatic rings. The molecule has 156 valence electrons. The number of hydrogen-bond acceptors (Lipinski definition) is 5. The molecule has 1 amide bonds. The van der Waals surface area contributed by atoms with Crippen LogP contribution in [0.4, 0.5) is 5.69 Å². The average Bonchev–Trinajstić information content (AvgIpc) is 3.42. The fraction of sp³-hybridized carbons (Fsp3) is 0.167. The lowest BCUT2D eigenvalue weighted by Gasteiger charge is -2.36. The molecule has 0 spiro atoms. The summed E-state index contributed by atoms with van der Waals surface area (Å²) in [6.07, 6.45) is 1.75. The molecule has 3 aromatic rings. The number of aliphatic imine (C=N–C) groups is 1. The Kier molecular flexibility index (Phi) is 5.57. The van der Waals surface area contributed by atoms with Crippen LogP contribution in [0.3, 0.4) is 0 Å². The van der Waals surface area contributed by atoms with Gasteiger partial charge in [0.1, 0.15) is 11.5 Å². The summed E-state index contributed by atoms with van der Waals surface area (Å²) in [7, 11) is 0.